The largest absolute Gasteiger partial charge is 0.381 e. The molecule has 5 nitrogen and oxygen atoms in total. The second-order valence-electron chi connectivity index (χ2n) is 6.69. The molecule has 2 saturated heterocycles. The quantitative estimate of drug-likeness (QED) is 0.903. The Labute approximate surface area is 148 Å². The van der Waals surface area contributed by atoms with Crippen LogP contribution < -0.4 is 0 Å². The van der Waals surface area contributed by atoms with Crippen LogP contribution in [0.5, 0.6) is 0 Å². The Kier molecular flexibility index (Phi) is 5.76. The number of ether oxygens (including phenoxy) is 1. The van der Waals surface area contributed by atoms with E-state index in [2.05, 4.69) is 4.90 Å². The highest BCUT2D eigenvalue weighted by atomic mass is 35.5. The Morgan fingerprint density at radius 1 is 1.12 bits per heavy atom. The first-order chi connectivity index (χ1) is 11.6. The molecule has 0 radical (unpaired) electrons. The molecular weight excluding hydrogens is 328 g/mol. The highest BCUT2D eigenvalue weighted by Gasteiger charge is 2.40. The fourth-order valence-corrected chi connectivity index (χ4v) is 3.52. The van der Waals surface area contributed by atoms with Crippen LogP contribution in [0.25, 0.3) is 0 Å². The SMILES string of the molecule is O=C(N1CCCN(Cc2ccc(Cl)cc2)CC1)C1(O)CCOCC1. The lowest BCUT2D eigenvalue weighted by Gasteiger charge is -2.35. The van der Waals surface area contributed by atoms with Crippen LogP contribution in [0, 0.1) is 0 Å². The summed E-state index contributed by atoms with van der Waals surface area (Å²) in [7, 11) is 0. The molecule has 0 saturated carbocycles. The molecular formula is C18H25ClN2O3. The van der Waals surface area contributed by atoms with Gasteiger partial charge in [0.05, 0.1) is 0 Å². The Balaban J connectivity index is 1.56. The Morgan fingerprint density at radius 2 is 1.83 bits per heavy atom. The number of carbonyl (C=O) groups is 1. The molecule has 2 fully saturated rings. The summed E-state index contributed by atoms with van der Waals surface area (Å²) in [5.41, 5.74) is -0.00825. The molecule has 132 valence electrons. The van der Waals surface area contributed by atoms with Gasteiger partial charge in [0, 0.05) is 63.8 Å². The Morgan fingerprint density at radius 3 is 2.54 bits per heavy atom. The number of hydrogen-bond donors (Lipinski definition) is 1. The zero-order valence-corrected chi connectivity index (χ0v) is 14.7. The van der Waals surface area contributed by atoms with E-state index in [1.54, 1.807) is 0 Å². The third-order valence-electron chi connectivity index (χ3n) is 4.91. The first-order valence-corrected chi connectivity index (χ1v) is 9.01. The van der Waals surface area contributed by atoms with E-state index in [0.717, 1.165) is 31.1 Å². The summed E-state index contributed by atoms with van der Waals surface area (Å²) in [6.07, 6.45) is 1.72. The van der Waals surface area contributed by atoms with E-state index in [-0.39, 0.29) is 5.91 Å². The Bertz CT molecular complexity index is 558. The minimum atomic E-state index is -1.23. The summed E-state index contributed by atoms with van der Waals surface area (Å²) >= 11 is 5.93. The number of aliphatic hydroxyl groups is 1. The first kappa shape index (κ1) is 17.7. The maximum atomic E-state index is 12.7. The first-order valence-electron chi connectivity index (χ1n) is 8.63. The van der Waals surface area contributed by atoms with Crippen molar-refractivity contribution in [1.29, 1.82) is 0 Å². The molecule has 1 aromatic rings. The van der Waals surface area contributed by atoms with Crippen LogP contribution in [0.3, 0.4) is 0 Å². The van der Waals surface area contributed by atoms with E-state index >= 15 is 0 Å². The average molecular weight is 353 g/mol. The van der Waals surface area contributed by atoms with Crippen molar-refractivity contribution in [2.24, 2.45) is 0 Å². The zero-order chi connectivity index (χ0) is 17.0. The Hall–Kier alpha value is -1.14. The fraction of sp³-hybridized carbons (Fsp3) is 0.611. The zero-order valence-electron chi connectivity index (χ0n) is 13.9. The van der Waals surface area contributed by atoms with Crippen molar-refractivity contribution in [3.05, 3.63) is 34.9 Å². The standard InChI is InChI=1S/C18H25ClN2O3/c19-16-4-2-15(3-5-16)14-20-8-1-9-21(11-10-20)17(22)18(23)6-12-24-13-7-18/h2-5,23H,1,6-14H2. The summed E-state index contributed by atoms with van der Waals surface area (Å²) in [6.45, 7) is 4.92. The van der Waals surface area contributed by atoms with Gasteiger partial charge in [0.15, 0.2) is 0 Å². The van der Waals surface area contributed by atoms with Crippen molar-refractivity contribution in [2.45, 2.75) is 31.4 Å². The second-order valence-corrected chi connectivity index (χ2v) is 7.13. The van der Waals surface area contributed by atoms with Crippen LogP contribution >= 0.6 is 11.6 Å². The molecule has 2 aliphatic rings. The van der Waals surface area contributed by atoms with Crippen molar-refractivity contribution < 1.29 is 14.6 Å². The van der Waals surface area contributed by atoms with Crippen LogP contribution in [0.2, 0.25) is 5.02 Å². The minimum absolute atomic E-state index is 0.126. The molecule has 0 atom stereocenters. The summed E-state index contributed by atoms with van der Waals surface area (Å²) in [4.78, 5) is 16.9. The lowest BCUT2D eigenvalue weighted by Crippen LogP contribution is -2.52. The molecule has 6 heteroatoms. The second kappa shape index (κ2) is 7.83. The predicted molar refractivity (Wildman–Crippen MR) is 92.9 cm³/mol. The van der Waals surface area contributed by atoms with Gasteiger partial charge < -0.3 is 14.7 Å². The molecule has 0 bridgehead atoms. The number of halogens is 1. The fourth-order valence-electron chi connectivity index (χ4n) is 3.40. The van der Waals surface area contributed by atoms with Crippen molar-refractivity contribution in [3.63, 3.8) is 0 Å². The highest BCUT2D eigenvalue weighted by molar-refractivity contribution is 6.30. The summed E-state index contributed by atoms with van der Waals surface area (Å²) < 4.78 is 5.27. The van der Waals surface area contributed by atoms with Crippen molar-refractivity contribution in [1.82, 2.24) is 9.80 Å². The van der Waals surface area contributed by atoms with E-state index in [4.69, 9.17) is 16.3 Å². The van der Waals surface area contributed by atoms with Crippen LogP contribution in [0.15, 0.2) is 24.3 Å². The molecule has 1 amide bonds. The maximum absolute atomic E-state index is 12.7. The van der Waals surface area contributed by atoms with E-state index in [1.165, 1.54) is 5.56 Å². The van der Waals surface area contributed by atoms with Crippen LogP contribution in [0.4, 0.5) is 0 Å². The third-order valence-corrected chi connectivity index (χ3v) is 5.17. The topological polar surface area (TPSA) is 53.0 Å². The molecule has 2 heterocycles. The average Bonchev–Trinajstić information content (AvgIpc) is 2.82. The molecule has 1 aromatic carbocycles. The van der Waals surface area contributed by atoms with Gasteiger partial charge in [0.2, 0.25) is 0 Å². The van der Waals surface area contributed by atoms with E-state index in [0.29, 0.717) is 39.1 Å². The molecule has 0 aliphatic carbocycles. The minimum Gasteiger partial charge on any atom is -0.381 e. The smallest absolute Gasteiger partial charge is 0.254 e. The van der Waals surface area contributed by atoms with Gasteiger partial charge in [0.25, 0.3) is 5.91 Å². The summed E-state index contributed by atoms with van der Waals surface area (Å²) in [5, 5.41) is 11.4. The van der Waals surface area contributed by atoms with Gasteiger partial charge in [-0.2, -0.15) is 0 Å². The predicted octanol–water partition coefficient (Wildman–Crippen LogP) is 1.92. The molecule has 1 N–H and O–H groups in total. The van der Waals surface area contributed by atoms with Gasteiger partial charge in [-0.3, -0.25) is 9.69 Å². The number of benzene rings is 1. The van der Waals surface area contributed by atoms with E-state index in [9.17, 15) is 9.90 Å². The van der Waals surface area contributed by atoms with Gasteiger partial charge in [-0.15, -0.1) is 0 Å². The van der Waals surface area contributed by atoms with Crippen LogP contribution in [0.1, 0.15) is 24.8 Å². The van der Waals surface area contributed by atoms with Gasteiger partial charge in [-0.05, 0) is 24.1 Å². The number of rotatable bonds is 3. The van der Waals surface area contributed by atoms with Gasteiger partial charge in [-0.25, -0.2) is 0 Å². The number of nitrogens with zero attached hydrogens (tertiary/aromatic N) is 2. The monoisotopic (exact) mass is 352 g/mol. The summed E-state index contributed by atoms with van der Waals surface area (Å²) in [5.74, 6) is -0.126. The molecule has 0 spiro atoms. The maximum Gasteiger partial charge on any atom is 0.254 e. The van der Waals surface area contributed by atoms with Crippen LogP contribution in [-0.2, 0) is 16.1 Å². The number of amides is 1. The van der Waals surface area contributed by atoms with Crippen molar-refractivity contribution in [3.8, 4) is 0 Å². The normalized spacial score (nSPS) is 22.2. The van der Waals surface area contributed by atoms with Crippen molar-refractivity contribution >= 4 is 17.5 Å². The summed E-state index contributed by atoms with van der Waals surface area (Å²) in [6, 6.07) is 7.90. The lowest BCUT2D eigenvalue weighted by atomic mass is 9.92. The van der Waals surface area contributed by atoms with Crippen molar-refractivity contribution in [2.75, 3.05) is 39.4 Å². The molecule has 0 unspecified atom stereocenters. The lowest BCUT2D eigenvalue weighted by molar-refractivity contribution is -0.160. The molecule has 2 aliphatic heterocycles. The van der Waals surface area contributed by atoms with Gasteiger partial charge in [0.1, 0.15) is 5.60 Å². The van der Waals surface area contributed by atoms with Gasteiger partial charge >= 0.3 is 0 Å². The van der Waals surface area contributed by atoms with E-state index in [1.807, 2.05) is 29.2 Å². The number of hydrogen-bond acceptors (Lipinski definition) is 4. The molecule has 3 rings (SSSR count). The highest BCUT2D eigenvalue weighted by Crippen LogP contribution is 2.24. The number of carbonyl (C=O) groups excluding carboxylic acids is 1. The van der Waals surface area contributed by atoms with E-state index < -0.39 is 5.60 Å². The molecule has 0 aromatic heterocycles. The van der Waals surface area contributed by atoms with Gasteiger partial charge in [-0.1, -0.05) is 23.7 Å². The third kappa shape index (κ3) is 4.28. The molecule has 24 heavy (non-hydrogen) atoms. The van der Waals surface area contributed by atoms with Crippen LogP contribution in [-0.4, -0.2) is 65.8 Å².